The van der Waals surface area contributed by atoms with Crippen molar-refractivity contribution in [3.8, 4) is 0 Å². The van der Waals surface area contributed by atoms with Crippen LogP contribution in [0.1, 0.15) is 23.7 Å². The maximum absolute atomic E-state index is 12.0. The van der Waals surface area contributed by atoms with Crippen molar-refractivity contribution in [1.82, 2.24) is 5.32 Å². The Labute approximate surface area is 125 Å². The minimum absolute atomic E-state index is 0.0820. The molecule has 1 aromatic rings. The molecule has 0 aliphatic carbocycles. The fourth-order valence-electron chi connectivity index (χ4n) is 2.45. The van der Waals surface area contributed by atoms with Gasteiger partial charge in [0.25, 0.3) is 5.91 Å². The van der Waals surface area contributed by atoms with Gasteiger partial charge in [-0.1, -0.05) is 0 Å². The van der Waals surface area contributed by atoms with E-state index < -0.39 is 9.84 Å². The van der Waals surface area contributed by atoms with Gasteiger partial charge in [0.15, 0.2) is 9.84 Å². The van der Waals surface area contributed by atoms with Crippen molar-refractivity contribution < 1.29 is 13.2 Å². The molecule has 4 N–H and O–H groups in total. The second kappa shape index (κ2) is 6.34. The molecule has 6 nitrogen and oxygen atoms in total. The Hall–Kier alpha value is -1.76. The minimum Gasteiger partial charge on any atom is -0.399 e. The quantitative estimate of drug-likeness (QED) is 0.700. The molecule has 1 unspecified atom stereocenters. The van der Waals surface area contributed by atoms with Gasteiger partial charge in [-0.05, 0) is 37.5 Å². The lowest BCUT2D eigenvalue weighted by molar-refractivity contribution is 0.0956. The zero-order chi connectivity index (χ0) is 15.5. The summed E-state index contributed by atoms with van der Waals surface area (Å²) in [6.07, 6.45) is 0.661. The highest BCUT2D eigenvalue weighted by atomic mass is 32.2. The second-order valence-corrected chi connectivity index (χ2v) is 7.54. The Morgan fingerprint density at radius 2 is 2.19 bits per heavy atom. The lowest BCUT2D eigenvalue weighted by Gasteiger charge is -2.15. The molecule has 1 atom stereocenters. The average molecular weight is 311 g/mol. The van der Waals surface area contributed by atoms with Crippen LogP contribution in [0.15, 0.2) is 18.2 Å². The molecular formula is C14H21N3O3S. The number of nitrogens with two attached hydrogens (primary N) is 1. The van der Waals surface area contributed by atoms with E-state index in [4.69, 9.17) is 5.73 Å². The molecule has 0 aromatic heterocycles. The van der Waals surface area contributed by atoms with Crippen LogP contribution in [0.25, 0.3) is 0 Å². The summed E-state index contributed by atoms with van der Waals surface area (Å²) in [7, 11) is -2.89. The van der Waals surface area contributed by atoms with Crippen molar-refractivity contribution in [2.75, 3.05) is 35.6 Å². The molecular weight excluding hydrogens is 290 g/mol. The molecule has 2 rings (SSSR count). The van der Waals surface area contributed by atoms with Gasteiger partial charge >= 0.3 is 0 Å². The Morgan fingerprint density at radius 3 is 2.81 bits per heavy atom. The summed E-state index contributed by atoms with van der Waals surface area (Å²) in [5, 5.41) is 5.91. The largest absolute Gasteiger partial charge is 0.399 e. The summed E-state index contributed by atoms with van der Waals surface area (Å²) in [4.78, 5) is 12.0. The summed E-state index contributed by atoms with van der Waals surface area (Å²) >= 11 is 0. The van der Waals surface area contributed by atoms with E-state index >= 15 is 0 Å². The lowest BCUT2D eigenvalue weighted by Crippen LogP contribution is -2.25. The third kappa shape index (κ3) is 4.10. The van der Waals surface area contributed by atoms with Crippen molar-refractivity contribution in [2.45, 2.75) is 13.3 Å². The van der Waals surface area contributed by atoms with E-state index in [1.54, 1.807) is 18.2 Å². The fraction of sp³-hybridized carbons (Fsp3) is 0.500. The van der Waals surface area contributed by atoms with E-state index in [0.29, 0.717) is 36.4 Å². The monoisotopic (exact) mass is 311 g/mol. The summed E-state index contributed by atoms with van der Waals surface area (Å²) in [5.41, 5.74) is 7.48. The van der Waals surface area contributed by atoms with Gasteiger partial charge in [-0.2, -0.15) is 0 Å². The topological polar surface area (TPSA) is 101 Å². The van der Waals surface area contributed by atoms with Gasteiger partial charge in [-0.3, -0.25) is 4.79 Å². The molecule has 0 radical (unpaired) electrons. The molecule has 116 valence electrons. The van der Waals surface area contributed by atoms with Gasteiger partial charge in [0, 0.05) is 24.5 Å². The van der Waals surface area contributed by atoms with Gasteiger partial charge in [-0.25, -0.2) is 8.42 Å². The van der Waals surface area contributed by atoms with E-state index in [1.165, 1.54) is 0 Å². The molecule has 0 spiro atoms. The molecule has 1 aromatic carbocycles. The highest BCUT2D eigenvalue weighted by molar-refractivity contribution is 7.91. The van der Waals surface area contributed by atoms with Gasteiger partial charge in [-0.15, -0.1) is 0 Å². The van der Waals surface area contributed by atoms with Crippen LogP contribution >= 0.6 is 0 Å². The van der Waals surface area contributed by atoms with Crippen LogP contribution in [-0.2, 0) is 9.84 Å². The maximum atomic E-state index is 12.0. The Bertz CT molecular complexity index is 628. The van der Waals surface area contributed by atoms with Crippen LogP contribution in [0.2, 0.25) is 0 Å². The number of anilines is 2. The van der Waals surface area contributed by atoms with E-state index in [9.17, 15) is 13.2 Å². The van der Waals surface area contributed by atoms with Crippen molar-refractivity contribution in [3.05, 3.63) is 23.8 Å². The molecule has 1 saturated heterocycles. The number of sulfone groups is 1. The number of nitrogen functional groups attached to an aromatic ring is 1. The Morgan fingerprint density at radius 1 is 1.43 bits per heavy atom. The predicted molar refractivity (Wildman–Crippen MR) is 84.1 cm³/mol. The molecule has 1 aliphatic rings. The van der Waals surface area contributed by atoms with Crippen LogP contribution in [0.3, 0.4) is 0 Å². The van der Waals surface area contributed by atoms with E-state index in [0.717, 1.165) is 0 Å². The standard InChI is InChI=1S/C14H21N3O3S/c1-2-16-14(18)12-4-3-11(15)7-13(12)17-8-10-5-6-21(19,20)9-10/h3-4,7,10,17H,2,5-6,8-9,15H2,1H3,(H,16,18). The number of carbonyl (C=O) groups is 1. The normalized spacial score (nSPS) is 20.1. The lowest BCUT2D eigenvalue weighted by atomic mass is 10.1. The summed E-state index contributed by atoms with van der Waals surface area (Å²) in [5.74, 6) is 0.371. The number of hydrogen-bond acceptors (Lipinski definition) is 5. The SMILES string of the molecule is CCNC(=O)c1ccc(N)cc1NCC1CCS(=O)(=O)C1. The molecule has 1 fully saturated rings. The van der Waals surface area contributed by atoms with Crippen LogP contribution < -0.4 is 16.4 Å². The Kier molecular flexibility index (Phi) is 4.72. The van der Waals surface area contributed by atoms with Crippen LogP contribution in [0.4, 0.5) is 11.4 Å². The first-order chi connectivity index (χ1) is 9.91. The van der Waals surface area contributed by atoms with Gasteiger partial charge in [0.1, 0.15) is 0 Å². The zero-order valence-corrected chi connectivity index (χ0v) is 12.9. The van der Waals surface area contributed by atoms with E-state index in [-0.39, 0.29) is 23.3 Å². The number of benzene rings is 1. The van der Waals surface area contributed by atoms with Crippen molar-refractivity contribution in [2.24, 2.45) is 5.92 Å². The second-order valence-electron chi connectivity index (χ2n) is 5.31. The van der Waals surface area contributed by atoms with Gasteiger partial charge < -0.3 is 16.4 Å². The third-order valence-electron chi connectivity index (χ3n) is 3.53. The number of rotatable bonds is 5. The van der Waals surface area contributed by atoms with Crippen LogP contribution in [0, 0.1) is 5.92 Å². The zero-order valence-electron chi connectivity index (χ0n) is 12.1. The van der Waals surface area contributed by atoms with Crippen molar-refractivity contribution >= 4 is 27.1 Å². The summed E-state index contributed by atoms with van der Waals surface area (Å²) < 4.78 is 22.9. The fourth-order valence-corrected chi connectivity index (χ4v) is 4.31. The number of carbonyl (C=O) groups excluding carboxylic acids is 1. The molecule has 1 aliphatic heterocycles. The van der Waals surface area contributed by atoms with Crippen LogP contribution in [-0.4, -0.2) is 38.9 Å². The number of hydrogen-bond donors (Lipinski definition) is 3. The Balaban J connectivity index is 2.08. The smallest absolute Gasteiger partial charge is 0.253 e. The number of nitrogens with one attached hydrogen (secondary N) is 2. The van der Waals surface area contributed by atoms with Crippen molar-refractivity contribution in [3.63, 3.8) is 0 Å². The molecule has 21 heavy (non-hydrogen) atoms. The van der Waals surface area contributed by atoms with Gasteiger partial charge in [0.2, 0.25) is 0 Å². The molecule has 1 heterocycles. The van der Waals surface area contributed by atoms with E-state index in [1.807, 2.05) is 6.92 Å². The highest BCUT2D eigenvalue weighted by Gasteiger charge is 2.27. The maximum Gasteiger partial charge on any atom is 0.253 e. The first-order valence-electron chi connectivity index (χ1n) is 7.03. The molecule has 7 heteroatoms. The number of amides is 1. The predicted octanol–water partition coefficient (Wildman–Crippen LogP) is 0.865. The highest BCUT2D eigenvalue weighted by Crippen LogP contribution is 2.23. The molecule has 1 amide bonds. The van der Waals surface area contributed by atoms with Crippen LogP contribution in [0.5, 0.6) is 0 Å². The third-order valence-corrected chi connectivity index (χ3v) is 5.37. The first kappa shape index (κ1) is 15.6. The first-order valence-corrected chi connectivity index (χ1v) is 8.85. The van der Waals surface area contributed by atoms with Gasteiger partial charge in [0.05, 0.1) is 17.1 Å². The summed E-state index contributed by atoms with van der Waals surface area (Å²) in [6.45, 7) is 2.92. The molecule has 0 bridgehead atoms. The average Bonchev–Trinajstić information content (AvgIpc) is 2.76. The summed E-state index contributed by atoms with van der Waals surface area (Å²) in [6, 6.07) is 5.05. The van der Waals surface area contributed by atoms with E-state index in [2.05, 4.69) is 10.6 Å². The van der Waals surface area contributed by atoms with Crippen molar-refractivity contribution in [1.29, 1.82) is 0 Å². The molecule has 0 saturated carbocycles. The minimum atomic E-state index is -2.89.